The molecule has 2 rings (SSSR count). The molecule has 0 aliphatic heterocycles. The molecule has 2 aromatic rings. The van der Waals surface area contributed by atoms with Gasteiger partial charge in [-0.05, 0) is 37.6 Å². The van der Waals surface area contributed by atoms with Crippen molar-refractivity contribution >= 4 is 21.7 Å². The van der Waals surface area contributed by atoms with Gasteiger partial charge in [0.2, 0.25) is 5.88 Å². The van der Waals surface area contributed by atoms with Crippen LogP contribution in [0.2, 0.25) is 0 Å². The van der Waals surface area contributed by atoms with E-state index >= 15 is 0 Å². The summed E-state index contributed by atoms with van der Waals surface area (Å²) < 4.78 is 6.84. The standard InChI is InChI=1S/C13H14BrN3O/c1-8-6-10(4-5-11(8)14)18-13-9(2)12(15-3)16-7-17-13/h4-7H,1-3H3,(H,15,16,17). The molecule has 0 bridgehead atoms. The predicted octanol–water partition coefficient (Wildman–Crippen LogP) is 3.69. The molecule has 5 heteroatoms. The van der Waals surface area contributed by atoms with Crippen molar-refractivity contribution in [3.05, 3.63) is 40.1 Å². The van der Waals surface area contributed by atoms with Crippen molar-refractivity contribution in [1.82, 2.24) is 9.97 Å². The third-order valence-electron chi connectivity index (χ3n) is 2.62. The number of rotatable bonds is 3. The highest BCUT2D eigenvalue weighted by molar-refractivity contribution is 9.10. The first-order chi connectivity index (χ1) is 8.61. The topological polar surface area (TPSA) is 47.0 Å². The Morgan fingerprint density at radius 2 is 2.00 bits per heavy atom. The summed E-state index contributed by atoms with van der Waals surface area (Å²) in [6.45, 7) is 3.94. The highest BCUT2D eigenvalue weighted by Gasteiger charge is 2.08. The Kier molecular flexibility index (Phi) is 3.81. The second-order valence-corrected chi connectivity index (χ2v) is 4.77. The summed E-state index contributed by atoms with van der Waals surface area (Å²) in [6, 6.07) is 5.82. The number of nitrogens with one attached hydrogen (secondary N) is 1. The molecule has 0 fully saturated rings. The van der Waals surface area contributed by atoms with Crippen LogP contribution < -0.4 is 10.1 Å². The summed E-state index contributed by atoms with van der Waals surface area (Å²) in [5.74, 6) is 2.10. The summed E-state index contributed by atoms with van der Waals surface area (Å²) in [4.78, 5) is 8.27. The van der Waals surface area contributed by atoms with E-state index in [-0.39, 0.29) is 0 Å². The zero-order valence-electron chi connectivity index (χ0n) is 10.5. The zero-order valence-corrected chi connectivity index (χ0v) is 12.1. The van der Waals surface area contributed by atoms with E-state index in [2.05, 4.69) is 31.2 Å². The minimum atomic E-state index is 0.566. The second kappa shape index (κ2) is 5.35. The van der Waals surface area contributed by atoms with Crippen molar-refractivity contribution < 1.29 is 4.74 Å². The Balaban J connectivity index is 2.31. The maximum atomic E-state index is 5.78. The number of benzene rings is 1. The van der Waals surface area contributed by atoms with E-state index < -0.39 is 0 Å². The minimum Gasteiger partial charge on any atom is -0.439 e. The van der Waals surface area contributed by atoms with Crippen LogP contribution in [0, 0.1) is 13.8 Å². The van der Waals surface area contributed by atoms with E-state index in [1.165, 1.54) is 6.33 Å². The molecule has 4 nitrogen and oxygen atoms in total. The molecular formula is C13H14BrN3O. The molecule has 94 valence electrons. The molecular weight excluding hydrogens is 294 g/mol. The average Bonchev–Trinajstić information content (AvgIpc) is 2.36. The monoisotopic (exact) mass is 307 g/mol. The Bertz CT molecular complexity index is 572. The van der Waals surface area contributed by atoms with Gasteiger partial charge in [-0.3, -0.25) is 0 Å². The Labute approximate surface area is 115 Å². The lowest BCUT2D eigenvalue weighted by Crippen LogP contribution is -1.99. The number of hydrogen-bond donors (Lipinski definition) is 1. The minimum absolute atomic E-state index is 0.566. The van der Waals surface area contributed by atoms with Crippen molar-refractivity contribution in [2.45, 2.75) is 13.8 Å². The normalized spacial score (nSPS) is 10.2. The molecule has 0 unspecified atom stereocenters. The highest BCUT2D eigenvalue weighted by Crippen LogP contribution is 2.28. The van der Waals surface area contributed by atoms with Gasteiger partial charge < -0.3 is 10.1 Å². The van der Waals surface area contributed by atoms with E-state index in [1.54, 1.807) is 0 Å². The third kappa shape index (κ3) is 2.61. The predicted molar refractivity (Wildman–Crippen MR) is 75.3 cm³/mol. The first-order valence-electron chi connectivity index (χ1n) is 5.55. The van der Waals surface area contributed by atoms with Gasteiger partial charge in [-0.2, -0.15) is 0 Å². The van der Waals surface area contributed by atoms with Crippen LogP contribution in [0.1, 0.15) is 11.1 Å². The van der Waals surface area contributed by atoms with E-state index in [0.29, 0.717) is 5.88 Å². The van der Waals surface area contributed by atoms with Crippen molar-refractivity contribution in [1.29, 1.82) is 0 Å². The molecule has 0 saturated carbocycles. The van der Waals surface area contributed by atoms with Gasteiger partial charge in [0.25, 0.3) is 0 Å². The van der Waals surface area contributed by atoms with Crippen molar-refractivity contribution in [2.75, 3.05) is 12.4 Å². The first kappa shape index (κ1) is 12.8. The van der Waals surface area contributed by atoms with Crippen LogP contribution in [0.15, 0.2) is 29.0 Å². The van der Waals surface area contributed by atoms with Gasteiger partial charge in [0.15, 0.2) is 0 Å². The quantitative estimate of drug-likeness (QED) is 0.939. The highest BCUT2D eigenvalue weighted by atomic mass is 79.9. The SMILES string of the molecule is CNc1ncnc(Oc2ccc(Br)c(C)c2)c1C. The van der Waals surface area contributed by atoms with Crippen LogP contribution in [0.4, 0.5) is 5.82 Å². The molecule has 0 aliphatic carbocycles. The molecule has 0 saturated heterocycles. The average molecular weight is 308 g/mol. The van der Waals surface area contributed by atoms with Crippen molar-refractivity contribution in [3.63, 3.8) is 0 Å². The second-order valence-electron chi connectivity index (χ2n) is 3.92. The molecule has 1 aromatic heterocycles. The van der Waals surface area contributed by atoms with Crippen LogP contribution in [0.25, 0.3) is 0 Å². The molecule has 18 heavy (non-hydrogen) atoms. The maximum absolute atomic E-state index is 5.78. The van der Waals surface area contributed by atoms with Crippen LogP contribution in [0.3, 0.4) is 0 Å². The Morgan fingerprint density at radius 3 is 2.67 bits per heavy atom. The van der Waals surface area contributed by atoms with Gasteiger partial charge in [0, 0.05) is 11.5 Å². The van der Waals surface area contributed by atoms with Gasteiger partial charge in [-0.25, -0.2) is 9.97 Å². The van der Waals surface area contributed by atoms with Gasteiger partial charge in [0.05, 0.1) is 5.56 Å². The molecule has 0 radical (unpaired) electrons. The summed E-state index contributed by atoms with van der Waals surface area (Å²) in [5.41, 5.74) is 2.01. The van der Waals surface area contributed by atoms with Crippen LogP contribution in [0.5, 0.6) is 11.6 Å². The number of nitrogens with zero attached hydrogens (tertiary/aromatic N) is 2. The van der Waals surface area contributed by atoms with Crippen molar-refractivity contribution in [2.24, 2.45) is 0 Å². The lowest BCUT2D eigenvalue weighted by atomic mass is 10.2. The molecule has 1 N–H and O–H groups in total. The summed E-state index contributed by atoms with van der Waals surface area (Å²) in [7, 11) is 1.82. The first-order valence-corrected chi connectivity index (χ1v) is 6.34. The number of aryl methyl sites for hydroxylation is 1. The van der Waals surface area contributed by atoms with Gasteiger partial charge in [-0.15, -0.1) is 0 Å². The number of aromatic nitrogens is 2. The molecule has 1 heterocycles. The van der Waals surface area contributed by atoms with Gasteiger partial charge in [0.1, 0.15) is 17.9 Å². The van der Waals surface area contributed by atoms with E-state index in [4.69, 9.17) is 4.74 Å². The fraction of sp³-hybridized carbons (Fsp3) is 0.231. The molecule has 0 atom stereocenters. The zero-order chi connectivity index (χ0) is 13.1. The lowest BCUT2D eigenvalue weighted by molar-refractivity contribution is 0.457. The summed E-state index contributed by atoms with van der Waals surface area (Å²) in [6.07, 6.45) is 1.49. The smallest absolute Gasteiger partial charge is 0.227 e. The maximum Gasteiger partial charge on any atom is 0.227 e. The van der Waals surface area contributed by atoms with E-state index in [0.717, 1.165) is 27.2 Å². The largest absolute Gasteiger partial charge is 0.439 e. The van der Waals surface area contributed by atoms with Crippen LogP contribution in [-0.4, -0.2) is 17.0 Å². The Hall–Kier alpha value is -1.62. The third-order valence-corrected chi connectivity index (χ3v) is 3.51. The van der Waals surface area contributed by atoms with E-state index in [1.807, 2.05) is 39.1 Å². The lowest BCUT2D eigenvalue weighted by Gasteiger charge is -2.10. The number of hydrogen-bond acceptors (Lipinski definition) is 4. The summed E-state index contributed by atoms with van der Waals surface area (Å²) in [5, 5.41) is 3.00. The van der Waals surface area contributed by atoms with Crippen molar-refractivity contribution in [3.8, 4) is 11.6 Å². The molecule has 0 aliphatic rings. The molecule has 0 amide bonds. The fourth-order valence-corrected chi connectivity index (χ4v) is 1.83. The number of ether oxygens (including phenoxy) is 1. The van der Waals surface area contributed by atoms with Crippen LogP contribution in [-0.2, 0) is 0 Å². The Morgan fingerprint density at radius 1 is 1.22 bits per heavy atom. The number of halogens is 1. The van der Waals surface area contributed by atoms with Gasteiger partial charge >= 0.3 is 0 Å². The molecule has 1 aromatic carbocycles. The summed E-state index contributed by atoms with van der Waals surface area (Å²) >= 11 is 3.46. The molecule has 0 spiro atoms. The fourth-order valence-electron chi connectivity index (χ4n) is 1.58. The van der Waals surface area contributed by atoms with Gasteiger partial charge in [-0.1, -0.05) is 15.9 Å². The van der Waals surface area contributed by atoms with E-state index in [9.17, 15) is 0 Å². The van der Waals surface area contributed by atoms with Crippen LogP contribution >= 0.6 is 15.9 Å². The number of anilines is 1.